The van der Waals surface area contributed by atoms with Gasteiger partial charge in [-0.3, -0.25) is 9.59 Å². The number of hydrogen-bond acceptors (Lipinski definition) is 4. The van der Waals surface area contributed by atoms with E-state index in [4.69, 9.17) is 23.8 Å². The molecule has 4 aromatic rings. The second-order valence-corrected chi connectivity index (χ2v) is 10.6. The van der Waals surface area contributed by atoms with Gasteiger partial charge in [-0.25, -0.2) is 0 Å². The van der Waals surface area contributed by atoms with Crippen LogP contribution in [0.1, 0.15) is 33.7 Å². The lowest BCUT2D eigenvalue weighted by atomic mass is 10.1. The van der Waals surface area contributed by atoms with Crippen molar-refractivity contribution in [3.63, 3.8) is 0 Å². The third-order valence-electron chi connectivity index (χ3n) is 5.69. The fraction of sp³-hybridized carbons (Fsp3) is 0.100. The van der Waals surface area contributed by atoms with Crippen molar-refractivity contribution in [3.8, 4) is 0 Å². The summed E-state index contributed by atoms with van der Waals surface area (Å²) in [5, 5.41) is 9.84. The Kier molecular flexibility index (Phi) is 9.18. The van der Waals surface area contributed by atoms with Gasteiger partial charge in [-0.2, -0.15) is 0 Å². The van der Waals surface area contributed by atoms with Gasteiger partial charge in [0.15, 0.2) is 10.9 Å². The number of carbonyl (C=O) groups is 2. The van der Waals surface area contributed by atoms with Gasteiger partial charge in [0.05, 0.1) is 0 Å². The molecule has 0 fully saturated rings. The maximum Gasteiger partial charge on any atom is 0.242 e. The average molecular weight is 560 g/mol. The number of thioether (sulfide) groups is 1. The molecule has 0 saturated heterocycles. The largest absolute Gasteiger partial charge is 0.332 e. The molecule has 3 N–H and O–H groups in total. The first-order chi connectivity index (χ1) is 18.3. The van der Waals surface area contributed by atoms with Crippen LogP contribution in [-0.4, -0.2) is 16.8 Å². The molecule has 38 heavy (non-hydrogen) atoms. The van der Waals surface area contributed by atoms with E-state index in [1.807, 2.05) is 79.7 Å². The van der Waals surface area contributed by atoms with Crippen LogP contribution < -0.4 is 16.0 Å². The number of thiocarbonyl (C=S) groups is 1. The maximum absolute atomic E-state index is 13.5. The zero-order chi connectivity index (χ0) is 27.1. The molecule has 1 atom stereocenters. The van der Waals surface area contributed by atoms with Gasteiger partial charge in [0.25, 0.3) is 0 Å². The molecule has 1 amide bonds. The summed E-state index contributed by atoms with van der Waals surface area (Å²) in [7, 11) is 0. The highest BCUT2D eigenvalue weighted by molar-refractivity contribution is 8.00. The van der Waals surface area contributed by atoms with Gasteiger partial charge in [-0.05, 0) is 91.8 Å². The lowest BCUT2D eigenvalue weighted by Gasteiger charge is -2.19. The number of benzene rings is 4. The summed E-state index contributed by atoms with van der Waals surface area (Å²) in [4.78, 5) is 25.9. The molecule has 5 nitrogen and oxygen atoms in total. The summed E-state index contributed by atoms with van der Waals surface area (Å²) >= 11 is 13.1. The number of amides is 1. The van der Waals surface area contributed by atoms with Crippen LogP contribution in [0.15, 0.2) is 102 Å². The van der Waals surface area contributed by atoms with Crippen LogP contribution in [0.3, 0.4) is 0 Å². The molecule has 0 aliphatic rings. The van der Waals surface area contributed by atoms with E-state index in [2.05, 4.69) is 16.0 Å². The number of hydrogen-bond donors (Lipinski definition) is 3. The highest BCUT2D eigenvalue weighted by Gasteiger charge is 2.23. The third-order valence-corrected chi connectivity index (χ3v) is 7.38. The van der Waals surface area contributed by atoms with E-state index in [-0.39, 0.29) is 11.7 Å². The minimum absolute atomic E-state index is 0.0109. The molecular weight excluding hydrogens is 534 g/mol. The van der Waals surface area contributed by atoms with Gasteiger partial charge in [0, 0.05) is 32.5 Å². The first-order valence-corrected chi connectivity index (χ1v) is 13.5. The predicted molar refractivity (Wildman–Crippen MR) is 163 cm³/mol. The Hall–Kier alpha value is -3.65. The molecule has 0 saturated carbocycles. The Morgan fingerprint density at radius 1 is 0.816 bits per heavy atom. The van der Waals surface area contributed by atoms with Gasteiger partial charge in [-0.15, -0.1) is 11.8 Å². The summed E-state index contributed by atoms with van der Waals surface area (Å²) in [5.41, 5.74) is 4.71. The Bertz CT molecular complexity index is 1460. The van der Waals surface area contributed by atoms with Crippen molar-refractivity contribution >= 4 is 69.4 Å². The normalized spacial score (nSPS) is 11.3. The first-order valence-electron chi connectivity index (χ1n) is 11.9. The Morgan fingerprint density at radius 3 is 2.24 bits per heavy atom. The van der Waals surface area contributed by atoms with Crippen LogP contribution in [-0.2, 0) is 4.79 Å². The van der Waals surface area contributed by atoms with Crippen LogP contribution in [0.5, 0.6) is 0 Å². The van der Waals surface area contributed by atoms with E-state index in [1.165, 1.54) is 18.7 Å². The number of aryl methyl sites for hydroxylation is 1. The molecule has 0 spiro atoms. The Labute approximate surface area is 237 Å². The van der Waals surface area contributed by atoms with Crippen LogP contribution in [0, 0.1) is 6.92 Å². The molecule has 0 radical (unpaired) electrons. The van der Waals surface area contributed by atoms with Crippen molar-refractivity contribution in [1.82, 2.24) is 0 Å². The molecule has 0 aliphatic carbocycles. The maximum atomic E-state index is 13.5. The number of carbonyl (C=O) groups excluding carboxylic acids is 2. The Morgan fingerprint density at radius 2 is 1.53 bits per heavy atom. The van der Waals surface area contributed by atoms with Gasteiger partial charge >= 0.3 is 0 Å². The number of nitrogens with one attached hydrogen (secondary N) is 3. The van der Waals surface area contributed by atoms with Crippen LogP contribution >= 0.6 is 35.6 Å². The fourth-order valence-corrected chi connectivity index (χ4v) is 5.18. The Balaban J connectivity index is 1.48. The van der Waals surface area contributed by atoms with E-state index < -0.39 is 5.25 Å². The number of rotatable bonds is 8. The second-order valence-electron chi connectivity index (χ2n) is 8.60. The van der Waals surface area contributed by atoms with Crippen molar-refractivity contribution < 1.29 is 9.59 Å². The van der Waals surface area contributed by atoms with Crippen molar-refractivity contribution in [2.45, 2.75) is 24.0 Å². The van der Waals surface area contributed by atoms with E-state index in [0.29, 0.717) is 21.4 Å². The summed E-state index contributed by atoms with van der Waals surface area (Å²) < 4.78 is 0. The van der Waals surface area contributed by atoms with Gasteiger partial charge in [0.1, 0.15) is 5.25 Å². The summed E-state index contributed by atoms with van der Waals surface area (Å²) in [6, 6.07) is 30.0. The van der Waals surface area contributed by atoms with Crippen molar-refractivity contribution in [2.24, 2.45) is 0 Å². The highest BCUT2D eigenvalue weighted by atomic mass is 35.5. The lowest BCUT2D eigenvalue weighted by Crippen LogP contribution is -2.20. The molecular formula is C30H26ClN3O2S2. The fourth-order valence-electron chi connectivity index (χ4n) is 3.69. The number of Topliss-reactive ketones (excluding diaryl/α,β-unsaturated/α-hetero) is 1. The second kappa shape index (κ2) is 12.7. The van der Waals surface area contributed by atoms with Gasteiger partial charge in [0.2, 0.25) is 5.91 Å². The van der Waals surface area contributed by atoms with E-state index in [0.717, 1.165) is 27.4 Å². The molecule has 0 bridgehead atoms. The van der Waals surface area contributed by atoms with Crippen LogP contribution in [0.4, 0.5) is 17.1 Å². The van der Waals surface area contributed by atoms with Crippen LogP contribution in [0.25, 0.3) is 0 Å². The van der Waals surface area contributed by atoms with Crippen LogP contribution in [0.2, 0.25) is 5.02 Å². The van der Waals surface area contributed by atoms with Crippen molar-refractivity contribution in [2.75, 3.05) is 16.0 Å². The summed E-state index contributed by atoms with van der Waals surface area (Å²) in [6.07, 6.45) is 0. The summed E-state index contributed by atoms with van der Waals surface area (Å²) in [5.74, 6) is -0.132. The number of anilines is 3. The van der Waals surface area contributed by atoms with E-state index in [1.54, 1.807) is 24.3 Å². The monoisotopic (exact) mass is 559 g/mol. The lowest BCUT2D eigenvalue weighted by molar-refractivity contribution is -0.115. The summed E-state index contributed by atoms with van der Waals surface area (Å²) in [6.45, 7) is 3.46. The highest BCUT2D eigenvalue weighted by Crippen LogP contribution is 2.37. The molecule has 0 aliphatic heterocycles. The smallest absolute Gasteiger partial charge is 0.242 e. The molecule has 8 heteroatoms. The third kappa shape index (κ3) is 7.44. The minimum Gasteiger partial charge on any atom is -0.332 e. The topological polar surface area (TPSA) is 70.2 Å². The molecule has 192 valence electrons. The van der Waals surface area contributed by atoms with E-state index >= 15 is 0 Å². The molecule has 0 heterocycles. The minimum atomic E-state index is -0.491. The van der Waals surface area contributed by atoms with Crippen molar-refractivity contribution in [1.29, 1.82) is 0 Å². The van der Waals surface area contributed by atoms with E-state index in [9.17, 15) is 9.59 Å². The zero-order valence-corrected chi connectivity index (χ0v) is 23.2. The number of ketones is 1. The molecule has 4 aromatic carbocycles. The standard InChI is InChI=1S/C30H26ClN3O2S2/c1-19-11-14-23(31)17-27(19)34-29(36)28(22-7-4-3-5-8-22)38-26-10-6-9-25(18-26)33-30(37)32-24-15-12-21(13-16-24)20(2)35/h3-18,28H,1-2H3,(H,34,36)(H2,32,33,37). The number of halogens is 1. The SMILES string of the molecule is CC(=O)c1ccc(NC(=S)Nc2cccc(SC(C(=O)Nc3cc(Cl)ccc3C)c3ccccc3)c2)cc1. The predicted octanol–water partition coefficient (Wildman–Crippen LogP) is 8.13. The van der Waals surface area contributed by atoms with Gasteiger partial charge < -0.3 is 16.0 Å². The molecule has 4 rings (SSSR count). The zero-order valence-electron chi connectivity index (χ0n) is 20.8. The van der Waals surface area contributed by atoms with Gasteiger partial charge in [-0.1, -0.05) is 54.1 Å². The van der Waals surface area contributed by atoms with Crippen molar-refractivity contribution in [3.05, 3.63) is 119 Å². The average Bonchev–Trinajstić information content (AvgIpc) is 2.90. The quantitative estimate of drug-likeness (QED) is 0.115. The molecule has 0 aromatic heterocycles. The first kappa shape index (κ1) is 27.4. The molecule has 1 unspecified atom stereocenters.